The van der Waals surface area contributed by atoms with Crippen molar-refractivity contribution < 1.29 is 13.6 Å². The van der Waals surface area contributed by atoms with Crippen LogP contribution in [0.2, 0.25) is 0 Å². The molecule has 0 heterocycles. The summed E-state index contributed by atoms with van der Waals surface area (Å²) >= 11 is 0. The van der Waals surface area contributed by atoms with Gasteiger partial charge in [-0.05, 0) is 24.1 Å². The van der Waals surface area contributed by atoms with E-state index < -0.39 is 10.0 Å². The fraction of sp³-hybridized carbons (Fsp3) is 0.462. The van der Waals surface area contributed by atoms with Crippen LogP contribution in [0.5, 0.6) is 0 Å². The van der Waals surface area contributed by atoms with Crippen molar-refractivity contribution in [2.45, 2.75) is 31.6 Å². The minimum atomic E-state index is -3.63. The molecule has 20 heavy (non-hydrogen) atoms. The van der Waals surface area contributed by atoms with Crippen LogP contribution in [0.15, 0.2) is 34.3 Å². The molecule has 0 saturated heterocycles. The molecular formula is C13H21N3O3S. The second-order valence-corrected chi connectivity index (χ2v) is 6.35. The van der Waals surface area contributed by atoms with Crippen LogP contribution in [0, 0.1) is 0 Å². The number of oxime groups is 1. The lowest BCUT2D eigenvalue weighted by Crippen LogP contribution is -2.38. The Hall–Kier alpha value is -1.60. The molecule has 0 aliphatic rings. The molecule has 0 spiro atoms. The summed E-state index contributed by atoms with van der Waals surface area (Å²) in [5, 5.41) is 11.4. The molecule has 3 N–H and O–H groups in total. The molecule has 0 aliphatic carbocycles. The zero-order chi connectivity index (χ0) is 15.2. The lowest BCUT2D eigenvalue weighted by atomic mass is 10.1. The molecule has 1 aromatic carbocycles. The Kier molecular flexibility index (Phi) is 5.97. The molecule has 0 saturated carbocycles. The van der Waals surface area contributed by atoms with Crippen molar-refractivity contribution in [3.63, 3.8) is 0 Å². The van der Waals surface area contributed by atoms with Crippen LogP contribution in [0.1, 0.15) is 25.8 Å². The molecule has 0 atom stereocenters. The van der Waals surface area contributed by atoms with Crippen molar-refractivity contribution in [3.8, 4) is 0 Å². The van der Waals surface area contributed by atoms with Crippen molar-refractivity contribution in [1.29, 1.82) is 0 Å². The van der Waals surface area contributed by atoms with Gasteiger partial charge in [-0.1, -0.05) is 37.6 Å². The van der Waals surface area contributed by atoms with Crippen LogP contribution < -0.4 is 5.73 Å². The van der Waals surface area contributed by atoms with Gasteiger partial charge in [0.2, 0.25) is 10.0 Å². The van der Waals surface area contributed by atoms with Crippen LogP contribution in [-0.4, -0.2) is 36.9 Å². The first kappa shape index (κ1) is 16.5. The number of rotatable bonds is 7. The number of nitrogens with two attached hydrogens (primary N) is 1. The van der Waals surface area contributed by atoms with Gasteiger partial charge >= 0.3 is 0 Å². The van der Waals surface area contributed by atoms with Crippen LogP contribution in [-0.2, 0) is 16.4 Å². The number of hydrogen-bond donors (Lipinski definition) is 2. The highest BCUT2D eigenvalue weighted by atomic mass is 32.2. The molecule has 0 aromatic heterocycles. The maximum Gasteiger partial charge on any atom is 0.243 e. The predicted molar refractivity (Wildman–Crippen MR) is 78.3 cm³/mol. The van der Waals surface area contributed by atoms with E-state index in [-0.39, 0.29) is 23.8 Å². The average molecular weight is 299 g/mol. The maximum absolute atomic E-state index is 12.4. The molecule has 0 bridgehead atoms. The van der Waals surface area contributed by atoms with Crippen molar-refractivity contribution in [2.75, 3.05) is 13.1 Å². The SMILES string of the molecule is CCCc1ccc(S(=O)(=O)N(CC)CC(N)=NO)cc1. The van der Waals surface area contributed by atoms with E-state index in [1.165, 1.54) is 0 Å². The highest BCUT2D eigenvalue weighted by Crippen LogP contribution is 2.16. The van der Waals surface area contributed by atoms with Crippen molar-refractivity contribution in [3.05, 3.63) is 29.8 Å². The number of aryl methyl sites for hydroxylation is 1. The average Bonchev–Trinajstić information content (AvgIpc) is 2.45. The van der Waals surface area contributed by atoms with Gasteiger partial charge in [0.05, 0.1) is 11.4 Å². The van der Waals surface area contributed by atoms with E-state index in [2.05, 4.69) is 12.1 Å². The minimum Gasteiger partial charge on any atom is -0.409 e. The molecule has 0 radical (unpaired) electrons. The van der Waals surface area contributed by atoms with Gasteiger partial charge in [0.25, 0.3) is 0 Å². The first-order valence-corrected chi connectivity index (χ1v) is 7.95. The van der Waals surface area contributed by atoms with Gasteiger partial charge in [0, 0.05) is 6.54 Å². The first-order chi connectivity index (χ1) is 9.45. The summed E-state index contributed by atoms with van der Waals surface area (Å²) in [7, 11) is -3.63. The number of amidine groups is 1. The Labute approximate surface area is 119 Å². The van der Waals surface area contributed by atoms with E-state index in [9.17, 15) is 8.42 Å². The van der Waals surface area contributed by atoms with E-state index in [1.807, 2.05) is 12.1 Å². The summed E-state index contributed by atoms with van der Waals surface area (Å²) in [4.78, 5) is 0.213. The van der Waals surface area contributed by atoms with Gasteiger partial charge in [0.1, 0.15) is 0 Å². The third-order valence-corrected chi connectivity index (χ3v) is 4.85. The summed E-state index contributed by atoms with van der Waals surface area (Å²) in [5.41, 5.74) is 6.48. The Bertz CT molecular complexity index is 553. The van der Waals surface area contributed by atoms with Gasteiger partial charge in [-0.25, -0.2) is 8.42 Å². The predicted octanol–water partition coefficient (Wildman–Crippen LogP) is 1.40. The number of sulfonamides is 1. The molecular weight excluding hydrogens is 278 g/mol. The highest BCUT2D eigenvalue weighted by Gasteiger charge is 2.23. The molecule has 0 aliphatic heterocycles. The number of benzene rings is 1. The van der Waals surface area contributed by atoms with Crippen molar-refractivity contribution >= 4 is 15.9 Å². The van der Waals surface area contributed by atoms with Gasteiger partial charge in [0.15, 0.2) is 5.84 Å². The Morgan fingerprint density at radius 3 is 2.35 bits per heavy atom. The molecule has 7 heteroatoms. The third kappa shape index (κ3) is 3.94. The summed E-state index contributed by atoms with van der Waals surface area (Å²) < 4.78 is 26.0. The molecule has 1 aromatic rings. The molecule has 1 rings (SSSR count). The maximum atomic E-state index is 12.4. The Morgan fingerprint density at radius 2 is 1.90 bits per heavy atom. The monoisotopic (exact) mass is 299 g/mol. The van der Waals surface area contributed by atoms with E-state index >= 15 is 0 Å². The van der Waals surface area contributed by atoms with E-state index in [0.717, 1.165) is 22.7 Å². The summed E-state index contributed by atoms with van der Waals surface area (Å²) in [6.45, 7) is 3.88. The van der Waals surface area contributed by atoms with Crippen LogP contribution in [0.3, 0.4) is 0 Å². The van der Waals surface area contributed by atoms with E-state index in [1.54, 1.807) is 19.1 Å². The van der Waals surface area contributed by atoms with Crippen LogP contribution in [0.4, 0.5) is 0 Å². The van der Waals surface area contributed by atoms with Gasteiger partial charge in [-0.2, -0.15) is 4.31 Å². The summed E-state index contributed by atoms with van der Waals surface area (Å²) in [6, 6.07) is 6.81. The zero-order valence-corrected chi connectivity index (χ0v) is 12.6. The summed E-state index contributed by atoms with van der Waals surface area (Å²) in [6.07, 6.45) is 1.93. The van der Waals surface area contributed by atoms with Gasteiger partial charge in [-0.15, -0.1) is 0 Å². The largest absolute Gasteiger partial charge is 0.409 e. The lowest BCUT2D eigenvalue weighted by Gasteiger charge is -2.19. The molecule has 112 valence electrons. The van der Waals surface area contributed by atoms with Gasteiger partial charge < -0.3 is 10.9 Å². The van der Waals surface area contributed by atoms with E-state index in [4.69, 9.17) is 10.9 Å². The van der Waals surface area contributed by atoms with Crippen LogP contribution in [0.25, 0.3) is 0 Å². The molecule has 0 fully saturated rings. The smallest absolute Gasteiger partial charge is 0.243 e. The quantitative estimate of drug-likeness (QED) is 0.344. The molecule has 0 unspecified atom stereocenters. The normalized spacial score (nSPS) is 12.8. The summed E-state index contributed by atoms with van der Waals surface area (Å²) in [5.74, 6) is -0.141. The lowest BCUT2D eigenvalue weighted by molar-refractivity contribution is 0.315. The number of hydrogen-bond acceptors (Lipinski definition) is 4. The fourth-order valence-electron chi connectivity index (χ4n) is 1.84. The highest BCUT2D eigenvalue weighted by molar-refractivity contribution is 7.89. The third-order valence-electron chi connectivity index (χ3n) is 2.92. The first-order valence-electron chi connectivity index (χ1n) is 6.51. The fourth-order valence-corrected chi connectivity index (χ4v) is 3.27. The van der Waals surface area contributed by atoms with E-state index in [0.29, 0.717) is 0 Å². The van der Waals surface area contributed by atoms with Crippen molar-refractivity contribution in [1.82, 2.24) is 4.31 Å². The molecule has 0 amide bonds. The number of nitrogens with zero attached hydrogens (tertiary/aromatic N) is 2. The zero-order valence-electron chi connectivity index (χ0n) is 11.8. The number of likely N-dealkylation sites (N-methyl/N-ethyl adjacent to an activating group) is 1. The second kappa shape index (κ2) is 7.25. The topological polar surface area (TPSA) is 96.0 Å². The van der Waals surface area contributed by atoms with Crippen molar-refractivity contribution in [2.24, 2.45) is 10.9 Å². The van der Waals surface area contributed by atoms with Gasteiger partial charge in [-0.3, -0.25) is 0 Å². The second-order valence-electron chi connectivity index (χ2n) is 4.42. The van der Waals surface area contributed by atoms with Crippen LogP contribution >= 0.6 is 0 Å². The standard InChI is InChI=1S/C13H21N3O3S/c1-3-5-11-6-8-12(9-7-11)20(18,19)16(4-2)10-13(14)15-17/h6-9,17H,3-5,10H2,1-2H3,(H2,14,15). The Morgan fingerprint density at radius 1 is 1.30 bits per heavy atom. The minimum absolute atomic E-state index is 0.133. The molecule has 6 nitrogen and oxygen atoms in total. The Balaban J connectivity index is 3.01.